The van der Waals surface area contributed by atoms with Crippen molar-refractivity contribution < 1.29 is 22.7 Å². The monoisotopic (exact) mass is 369 g/mol. The molecule has 2 rings (SSSR count). The number of carbonyl (C=O) groups excluding carboxylic acids is 1. The number of alkyl halides is 3. The number of nitrogens with zero attached hydrogens (tertiary/aromatic N) is 1. The van der Waals surface area contributed by atoms with Crippen LogP contribution in [0.25, 0.3) is 11.1 Å². The van der Waals surface area contributed by atoms with E-state index in [0.29, 0.717) is 22.5 Å². The lowest BCUT2D eigenvalue weighted by atomic mass is 10.0. The molecule has 0 atom stereocenters. The third-order valence-corrected chi connectivity index (χ3v) is 3.50. The van der Waals surface area contributed by atoms with Crippen molar-refractivity contribution in [2.24, 2.45) is 11.7 Å². The van der Waals surface area contributed by atoms with E-state index in [2.05, 4.69) is 4.74 Å². The van der Waals surface area contributed by atoms with E-state index < -0.39 is 6.36 Å². The molecule has 0 saturated carbocycles. The average molecular weight is 369 g/mol. The van der Waals surface area contributed by atoms with E-state index in [1.165, 1.54) is 29.3 Å². The third-order valence-electron chi connectivity index (χ3n) is 3.50. The molecule has 140 valence electrons. The van der Waals surface area contributed by atoms with Crippen molar-refractivity contribution in [3.05, 3.63) is 42.5 Å². The first-order chi connectivity index (χ1) is 12.2. The standard InChI is InChI=1S/C16H18F3N5O2/c17-16(18,19)26-12-4-1-10(2-5-12)11-3-6-13(20)14(9-11)24(22)8-7-15(25)23-21/h1-6,9H,7-8,20-22H2,(H,23,25). The van der Waals surface area contributed by atoms with E-state index in [0.717, 1.165) is 0 Å². The average Bonchev–Trinajstić information content (AvgIpc) is 2.59. The van der Waals surface area contributed by atoms with Gasteiger partial charge in [-0.25, -0.2) is 11.7 Å². The predicted octanol–water partition coefficient (Wildman–Crippen LogP) is 1.89. The van der Waals surface area contributed by atoms with Gasteiger partial charge in [-0.1, -0.05) is 18.2 Å². The third kappa shape index (κ3) is 5.26. The van der Waals surface area contributed by atoms with Crippen molar-refractivity contribution in [1.82, 2.24) is 5.43 Å². The molecular formula is C16H18F3N5O2. The molecule has 0 aromatic heterocycles. The van der Waals surface area contributed by atoms with Gasteiger partial charge >= 0.3 is 6.36 Å². The number of carbonyl (C=O) groups is 1. The molecule has 0 aliphatic carbocycles. The van der Waals surface area contributed by atoms with Gasteiger partial charge in [0.2, 0.25) is 5.91 Å². The molecule has 0 spiro atoms. The minimum absolute atomic E-state index is 0.0696. The second kappa shape index (κ2) is 7.93. The summed E-state index contributed by atoms with van der Waals surface area (Å²) in [7, 11) is 0. The van der Waals surface area contributed by atoms with Crippen LogP contribution in [0.4, 0.5) is 24.5 Å². The summed E-state index contributed by atoms with van der Waals surface area (Å²) in [6, 6.07) is 10.4. The number of benzene rings is 2. The first-order valence-electron chi connectivity index (χ1n) is 7.47. The Labute approximate surface area is 147 Å². The molecule has 7 nitrogen and oxygen atoms in total. The van der Waals surface area contributed by atoms with Gasteiger partial charge in [-0.05, 0) is 35.4 Å². The molecule has 7 N–H and O–H groups in total. The first kappa shape index (κ1) is 19.3. The second-order valence-corrected chi connectivity index (χ2v) is 5.36. The molecule has 0 bridgehead atoms. The molecule has 0 heterocycles. The normalized spacial score (nSPS) is 11.1. The van der Waals surface area contributed by atoms with Crippen LogP contribution >= 0.6 is 0 Å². The number of hydrazine groups is 2. The minimum atomic E-state index is -4.74. The van der Waals surface area contributed by atoms with Crippen LogP contribution in [0.2, 0.25) is 0 Å². The van der Waals surface area contributed by atoms with Gasteiger partial charge in [0.15, 0.2) is 0 Å². The van der Waals surface area contributed by atoms with Gasteiger partial charge in [-0.2, -0.15) is 0 Å². The van der Waals surface area contributed by atoms with Gasteiger partial charge in [-0.15, -0.1) is 13.2 Å². The Hall–Kier alpha value is -2.98. The number of nitrogens with two attached hydrogens (primary N) is 3. The van der Waals surface area contributed by atoms with Gasteiger partial charge in [0.25, 0.3) is 0 Å². The highest BCUT2D eigenvalue weighted by molar-refractivity contribution is 5.78. The van der Waals surface area contributed by atoms with Crippen LogP contribution in [-0.2, 0) is 4.79 Å². The Morgan fingerprint density at radius 3 is 2.31 bits per heavy atom. The van der Waals surface area contributed by atoms with E-state index in [-0.39, 0.29) is 24.6 Å². The maximum Gasteiger partial charge on any atom is 0.573 e. The summed E-state index contributed by atoms with van der Waals surface area (Å²) in [5.74, 6) is 10.2. The Morgan fingerprint density at radius 2 is 1.73 bits per heavy atom. The van der Waals surface area contributed by atoms with E-state index >= 15 is 0 Å². The smallest absolute Gasteiger partial charge is 0.406 e. The second-order valence-electron chi connectivity index (χ2n) is 5.36. The predicted molar refractivity (Wildman–Crippen MR) is 91.5 cm³/mol. The molecule has 1 amide bonds. The van der Waals surface area contributed by atoms with Crippen LogP contribution < -0.4 is 32.6 Å². The van der Waals surface area contributed by atoms with Crippen LogP contribution in [0.1, 0.15) is 6.42 Å². The molecule has 0 unspecified atom stereocenters. The fraction of sp³-hybridized carbons (Fsp3) is 0.188. The summed E-state index contributed by atoms with van der Waals surface area (Å²) in [5, 5.41) is 1.30. The summed E-state index contributed by atoms with van der Waals surface area (Å²) in [6.45, 7) is 0.176. The highest BCUT2D eigenvalue weighted by Gasteiger charge is 2.30. The lowest BCUT2D eigenvalue weighted by molar-refractivity contribution is -0.274. The number of anilines is 2. The Kier molecular flexibility index (Phi) is 5.90. The van der Waals surface area contributed by atoms with Crippen molar-refractivity contribution >= 4 is 17.3 Å². The molecule has 0 radical (unpaired) electrons. The number of ether oxygens (including phenoxy) is 1. The zero-order valence-electron chi connectivity index (χ0n) is 13.6. The fourth-order valence-corrected chi connectivity index (χ4v) is 2.24. The molecule has 0 fully saturated rings. The molecule has 10 heteroatoms. The van der Waals surface area contributed by atoms with Crippen LogP contribution in [0.3, 0.4) is 0 Å². The van der Waals surface area contributed by atoms with Crippen LogP contribution in [0.5, 0.6) is 5.75 Å². The molecule has 2 aromatic rings. The van der Waals surface area contributed by atoms with Crippen LogP contribution in [0, 0.1) is 0 Å². The van der Waals surface area contributed by atoms with Crippen molar-refractivity contribution in [3.8, 4) is 16.9 Å². The van der Waals surface area contributed by atoms with Gasteiger partial charge in [0.05, 0.1) is 11.4 Å². The van der Waals surface area contributed by atoms with E-state index in [1.807, 2.05) is 5.43 Å². The van der Waals surface area contributed by atoms with Crippen LogP contribution in [-0.4, -0.2) is 18.8 Å². The number of nitrogens with one attached hydrogen (secondary N) is 1. The quantitative estimate of drug-likeness (QED) is 0.267. The van der Waals surface area contributed by atoms with E-state index in [1.54, 1.807) is 18.2 Å². The molecule has 0 aliphatic heterocycles. The largest absolute Gasteiger partial charge is 0.573 e. The van der Waals surface area contributed by atoms with Crippen molar-refractivity contribution in [3.63, 3.8) is 0 Å². The summed E-state index contributed by atoms with van der Waals surface area (Å²) in [4.78, 5) is 11.2. The Bertz CT molecular complexity index is 765. The first-order valence-corrected chi connectivity index (χ1v) is 7.47. The zero-order chi connectivity index (χ0) is 19.3. The molecule has 26 heavy (non-hydrogen) atoms. The number of hydrogen-bond acceptors (Lipinski definition) is 6. The minimum Gasteiger partial charge on any atom is -0.406 e. The Balaban J connectivity index is 2.19. The van der Waals surface area contributed by atoms with Gasteiger partial charge in [0.1, 0.15) is 5.75 Å². The van der Waals surface area contributed by atoms with Crippen LogP contribution in [0.15, 0.2) is 42.5 Å². The summed E-state index contributed by atoms with van der Waals surface area (Å²) in [5.41, 5.74) is 10.1. The van der Waals surface area contributed by atoms with Gasteiger partial charge in [-0.3, -0.25) is 10.2 Å². The number of halogens is 3. The Morgan fingerprint density at radius 1 is 1.12 bits per heavy atom. The molecule has 0 aliphatic rings. The highest BCUT2D eigenvalue weighted by atomic mass is 19.4. The number of rotatable bonds is 6. The molecule has 2 aromatic carbocycles. The number of hydrogen-bond donors (Lipinski definition) is 4. The molecular weight excluding hydrogens is 351 g/mol. The maximum atomic E-state index is 12.2. The van der Waals surface area contributed by atoms with Crippen molar-refractivity contribution in [2.45, 2.75) is 12.8 Å². The SMILES string of the molecule is NNC(=O)CCN(N)c1cc(-c2ccc(OC(F)(F)F)cc2)ccc1N. The van der Waals surface area contributed by atoms with Crippen molar-refractivity contribution in [1.29, 1.82) is 0 Å². The zero-order valence-corrected chi connectivity index (χ0v) is 13.6. The van der Waals surface area contributed by atoms with Crippen molar-refractivity contribution in [2.75, 3.05) is 17.3 Å². The summed E-state index contributed by atoms with van der Waals surface area (Å²) >= 11 is 0. The van der Waals surface area contributed by atoms with Gasteiger partial charge < -0.3 is 15.5 Å². The maximum absolute atomic E-state index is 12.2. The van der Waals surface area contributed by atoms with Gasteiger partial charge in [0, 0.05) is 13.0 Å². The number of nitrogen functional groups attached to an aromatic ring is 1. The van der Waals surface area contributed by atoms with E-state index in [9.17, 15) is 18.0 Å². The lowest BCUT2D eigenvalue weighted by Crippen LogP contribution is -2.37. The fourth-order valence-electron chi connectivity index (χ4n) is 2.24. The molecule has 0 saturated heterocycles. The summed E-state index contributed by atoms with van der Waals surface area (Å²) in [6.07, 6.45) is -4.67. The highest BCUT2D eigenvalue weighted by Crippen LogP contribution is 2.31. The number of amides is 1. The summed E-state index contributed by atoms with van der Waals surface area (Å²) < 4.78 is 40.5. The van der Waals surface area contributed by atoms with E-state index in [4.69, 9.17) is 17.4 Å². The topological polar surface area (TPSA) is 120 Å². The lowest BCUT2D eigenvalue weighted by Gasteiger charge is -2.21.